The van der Waals surface area contributed by atoms with E-state index in [0.717, 1.165) is 28.5 Å². The van der Waals surface area contributed by atoms with Gasteiger partial charge in [0, 0.05) is 25.0 Å². The van der Waals surface area contributed by atoms with E-state index in [0.29, 0.717) is 25.2 Å². The second kappa shape index (κ2) is 8.24. The zero-order valence-electron chi connectivity index (χ0n) is 16.2. The molecule has 0 spiro atoms. The minimum absolute atomic E-state index is 0.0593. The minimum Gasteiger partial charge on any atom is -0.392 e. The molecule has 3 rings (SSSR count). The predicted octanol–water partition coefficient (Wildman–Crippen LogP) is 4.53. The van der Waals surface area contributed by atoms with Gasteiger partial charge in [0.05, 0.1) is 17.9 Å². The van der Waals surface area contributed by atoms with Crippen LogP contribution >= 0.6 is 0 Å². The number of alkyl halides is 3. The zero-order chi connectivity index (χ0) is 21.2. The van der Waals surface area contributed by atoms with Crippen molar-refractivity contribution in [3.63, 3.8) is 0 Å². The van der Waals surface area contributed by atoms with Crippen LogP contribution in [0.2, 0.25) is 0 Å². The molecular weight excluding hydrogens is 383 g/mol. The van der Waals surface area contributed by atoms with Crippen LogP contribution in [0.25, 0.3) is 5.57 Å². The third-order valence-corrected chi connectivity index (χ3v) is 4.90. The number of halogens is 3. The molecule has 0 fully saturated rings. The molecule has 0 saturated carbocycles. The average Bonchev–Trinajstić information content (AvgIpc) is 2.67. The van der Waals surface area contributed by atoms with E-state index in [4.69, 9.17) is 0 Å². The zero-order valence-corrected chi connectivity index (χ0v) is 16.2. The van der Waals surface area contributed by atoms with E-state index in [1.807, 2.05) is 19.1 Å². The molecule has 154 valence electrons. The van der Waals surface area contributed by atoms with Crippen LogP contribution in [-0.4, -0.2) is 34.1 Å². The second-order valence-corrected chi connectivity index (χ2v) is 7.05. The largest absolute Gasteiger partial charge is 0.416 e. The number of anilines is 1. The fourth-order valence-electron chi connectivity index (χ4n) is 3.39. The van der Waals surface area contributed by atoms with E-state index in [1.165, 1.54) is 19.1 Å². The molecule has 8 heteroatoms. The summed E-state index contributed by atoms with van der Waals surface area (Å²) in [6.45, 7) is 4.08. The van der Waals surface area contributed by atoms with E-state index in [2.05, 4.69) is 10.3 Å². The molecule has 0 radical (unpaired) electrons. The Labute approximate surface area is 166 Å². The first-order chi connectivity index (χ1) is 13.7. The number of aliphatic hydroxyl groups excluding tert-OH is 1. The first-order valence-electron chi connectivity index (χ1n) is 9.18. The highest BCUT2D eigenvalue weighted by molar-refractivity contribution is 5.90. The molecule has 5 nitrogen and oxygen atoms in total. The monoisotopic (exact) mass is 405 g/mol. The Bertz CT molecular complexity index is 955. The maximum Gasteiger partial charge on any atom is 0.416 e. The molecule has 1 aromatic carbocycles. The number of hydrogen-bond donors (Lipinski definition) is 2. The standard InChI is InChI=1S/C21H22F3N3O2/c1-13-10-17(3-4-18(13)21(22,23)24)26-20(29)27-7-5-16(6-8-27)19-14(2)9-15(12-28)11-25-19/h3-5,9-11,28H,6-8,12H2,1-2H3,(H,26,29). The molecule has 1 aliphatic rings. The number of hydrogen-bond acceptors (Lipinski definition) is 3. The Morgan fingerprint density at radius 1 is 1.24 bits per heavy atom. The van der Waals surface area contributed by atoms with Crippen LogP contribution < -0.4 is 5.32 Å². The van der Waals surface area contributed by atoms with Crippen molar-refractivity contribution >= 4 is 17.3 Å². The number of benzene rings is 1. The molecule has 0 bridgehead atoms. The van der Waals surface area contributed by atoms with Gasteiger partial charge in [0.1, 0.15) is 0 Å². The maximum absolute atomic E-state index is 12.9. The van der Waals surface area contributed by atoms with Gasteiger partial charge in [-0.3, -0.25) is 4.98 Å². The molecule has 1 aliphatic heterocycles. The normalized spacial score (nSPS) is 14.6. The Morgan fingerprint density at radius 2 is 2.00 bits per heavy atom. The number of pyridine rings is 1. The van der Waals surface area contributed by atoms with Crippen LogP contribution in [0.15, 0.2) is 36.5 Å². The highest BCUT2D eigenvalue weighted by Crippen LogP contribution is 2.33. The molecule has 2 N–H and O–H groups in total. The lowest BCUT2D eigenvalue weighted by Gasteiger charge is -2.27. The van der Waals surface area contributed by atoms with Crippen LogP contribution in [0.5, 0.6) is 0 Å². The summed E-state index contributed by atoms with van der Waals surface area (Å²) in [5.41, 5.74) is 3.26. The number of carbonyl (C=O) groups excluding carboxylic acids is 1. The van der Waals surface area contributed by atoms with Gasteiger partial charge in [0.15, 0.2) is 0 Å². The summed E-state index contributed by atoms with van der Waals surface area (Å²) in [5, 5.41) is 11.8. The van der Waals surface area contributed by atoms with Crippen LogP contribution in [0, 0.1) is 13.8 Å². The van der Waals surface area contributed by atoms with Gasteiger partial charge < -0.3 is 15.3 Å². The SMILES string of the molecule is Cc1cc(NC(=O)N2CC=C(c3ncc(CO)cc3C)CC2)ccc1C(F)(F)F. The lowest BCUT2D eigenvalue weighted by atomic mass is 10.00. The quantitative estimate of drug-likeness (QED) is 0.789. The van der Waals surface area contributed by atoms with Gasteiger partial charge in [0.2, 0.25) is 0 Å². The van der Waals surface area contributed by atoms with Crippen LogP contribution in [0.1, 0.15) is 34.4 Å². The summed E-state index contributed by atoms with van der Waals surface area (Å²) in [5.74, 6) is 0. The smallest absolute Gasteiger partial charge is 0.392 e. The number of aryl methyl sites for hydroxylation is 2. The first-order valence-corrected chi connectivity index (χ1v) is 9.18. The fourth-order valence-corrected chi connectivity index (χ4v) is 3.39. The number of urea groups is 1. The van der Waals surface area contributed by atoms with Crippen molar-refractivity contribution in [1.29, 1.82) is 0 Å². The Kier molecular flexibility index (Phi) is 5.93. The summed E-state index contributed by atoms with van der Waals surface area (Å²) in [7, 11) is 0. The third kappa shape index (κ3) is 4.76. The van der Waals surface area contributed by atoms with Gasteiger partial charge in [-0.15, -0.1) is 0 Å². The number of amides is 2. The van der Waals surface area contributed by atoms with Crippen molar-refractivity contribution in [2.24, 2.45) is 0 Å². The van der Waals surface area contributed by atoms with Gasteiger partial charge in [0.25, 0.3) is 0 Å². The summed E-state index contributed by atoms with van der Waals surface area (Å²) in [6.07, 6.45) is -0.238. The van der Waals surface area contributed by atoms with Gasteiger partial charge >= 0.3 is 12.2 Å². The highest BCUT2D eigenvalue weighted by Gasteiger charge is 2.32. The van der Waals surface area contributed by atoms with Crippen molar-refractivity contribution in [2.75, 3.05) is 18.4 Å². The van der Waals surface area contributed by atoms with Gasteiger partial charge in [-0.2, -0.15) is 13.2 Å². The van der Waals surface area contributed by atoms with Crippen molar-refractivity contribution in [1.82, 2.24) is 9.88 Å². The molecule has 1 aromatic heterocycles. The topological polar surface area (TPSA) is 65.5 Å². The van der Waals surface area contributed by atoms with Crippen molar-refractivity contribution in [3.8, 4) is 0 Å². The number of rotatable bonds is 3. The number of aromatic nitrogens is 1. The van der Waals surface area contributed by atoms with Crippen molar-refractivity contribution in [3.05, 3.63) is 64.5 Å². The van der Waals surface area contributed by atoms with Gasteiger partial charge in [-0.05, 0) is 60.7 Å². The fraction of sp³-hybridized carbons (Fsp3) is 0.333. The molecule has 2 amide bonds. The molecule has 29 heavy (non-hydrogen) atoms. The predicted molar refractivity (Wildman–Crippen MR) is 104 cm³/mol. The number of carbonyl (C=O) groups is 1. The second-order valence-electron chi connectivity index (χ2n) is 7.05. The minimum atomic E-state index is -4.41. The Balaban J connectivity index is 1.66. The maximum atomic E-state index is 12.9. The third-order valence-electron chi connectivity index (χ3n) is 4.90. The Morgan fingerprint density at radius 3 is 2.55 bits per heavy atom. The number of aliphatic hydroxyl groups is 1. The van der Waals surface area contributed by atoms with E-state index in [9.17, 15) is 23.1 Å². The summed E-state index contributed by atoms with van der Waals surface area (Å²) < 4.78 is 38.6. The van der Waals surface area contributed by atoms with Gasteiger partial charge in [-0.25, -0.2) is 4.79 Å². The molecule has 0 atom stereocenters. The van der Waals surface area contributed by atoms with Crippen LogP contribution in [0.3, 0.4) is 0 Å². The lowest BCUT2D eigenvalue weighted by Crippen LogP contribution is -2.38. The van der Waals surface area contributed by atoms with Crippen molar-refractivity contribution < 1.29 is 23.1 Å². The van der Waals surface area contributed by atoms with Gasteiger partial charge in [-0.1, -0.05) is 12.1 Å². The number of nitrogens with one attached hydrogen (secondary N) is 1. The summed E-state index contributed by atoms with van der Waals surface area (Å²) in [4.78, 5) is 18.5. The van der Waals surface area contributed by atoms with E-state index >= 15 is 0 Å². The molecule has 0 saturated heterocycles. The van der Waals surface area contributed by atoms with E-state index in [1.54, 1.807) is 11.1 Å². The molecular formula is C21H22F3N3O2. The summed E-state index contributed by atoms with van der Waals surface area (Å²) >= 11 is 0. The Hall–Kier alpha value is -2.87. The van der Waals surface area contributed by atoms with E-state index < -0.39 is 11.7 Å². The molecule has 2 aromatic rings. The number of nitrogens with zero attached hydrogens (tertiary/aromatic N) is 2. The first kappa shape index (κ1) is 20.9. The molecule has 0 aliphatic carbocycles. The molecule has 2 heterocycles. The summed E-state index contributed by atoms with van der Waals surface area (Å²) in [6, 6.07) is 5.08. The highest BCUT2D eigenvalue weighted by atomic mass is 19.4. The van der Waals surface area contributed by atoms with Crippen LogP contribution in [-0.2, 0) is 12.8 Å². The molecule has 0 unspecified atom stereocenters. The average molecular weight is 405 g/mol. The van der Waals surface area contributed by atoms with E-state index in [-0.39, 0.29) is 18.2 Å². The lowest BCUT2D eigenvalue weighted by molar-refractivity contribution is -0.138. The van der Waals surface area contributed by atoms with Crippen molar-refractivity contribution in [2.45, 2.75) is 33.1 Å². The van der Waals surface area contributed by atoms with Crippen LogP contribution in [0.4, 0.5) is 23.7 Å².